The summed E-state index contributed by atoms with van der Waals surface area (Å²) in [5.74, 6) is -9.32. The quantitative estimate of drug-likeness (QED) is 0.266. The third-order valence-corrected chi connectivity index (χ3v) is 3.72. The van der Waals surface area contributed by atoms with Gasteiger partial charge in [0.05, 0.1) is 5.56 Å². The van der Waals surface area contributed by atoms with Crippen LogP contribution < -0.4 is 0 Å². The van der Waals surface area contributed by atoms with E-state index in [9.17, 15) is 39.9 Å². The number of carbonyl (C=O) groups is 1. The molecule has 0 aliphatic heterocycles. The molecule has 0 bridgehead atoms. The number of hydrogen-bond acceptors (Lipinski definition) is 1. The Morgan fingerprint density at radius 2 is 1.24 bits per heavy atom. The topological polar surface area (TPSA) is 17.1 Å². The highest BCUT2D eigenvalue weighted by molar-refractivity contribution is 5.89. The van der Waals surface area contributed by atoms with Crippen molar-refractivity contribution in [1.82, 2.24) is 0 Å². The highest BCUT2D eigenvalue weighted by Gasteiger charge is 2.15. The molecule has 0 radical (unpaired) electrons. The average Bonchev–Trinajstić information content (AvgIpc) is 2.67. The molecule has 0 aliphatic carbocycles. The van der Waals surface area contributed by atoms with Crippen molar-refractivity contribution in [2.24, 2.45) is 0 Å². The van der Waals surface area contributed by atoms with Crippen LogP contribution in [0.15, 0.2) is 42.5 Å². The number of halogens is 8. The molecule has 0 fully saturated rings. The fourth-order valence-corrected chi connectivity index (χ4v) is 2.20. The second-order valence-electron chi connectivity index (χ2n) is 5.71. The van der Waals surface area contributed by atoms with Gasteiger partial charge < -0.3 is 0 Å². The maximum Gasteiger partial charge on any atom is 0.332 e. The Balaban J connectivity index is 0.000000253. The average molecular weight is 418 g/mol. The van der Waals surface area contributed by atoms with Gasteiger partial charge in [-0.15, -0.1) is 0 Å². The molecule has 0 N–H and O–H groups in total. The second-order valence-corrected chi connectivity index (χ2v) is 5.71. The zero-order valence-electron chi connectivity index (χ0n) is 14.5. The molecule has 0 saturated carbocycles. The van der Waals surface area contributed by atoms with Crippen LogP contribution in [0.3, 0.4) is 0 Å². The van der Waals surface area contributed by atoms with Crippen molar-refractivity contribution in [3.63, 3.8) is 0 Å². The predicted octanol–water partition coefficient (Wildman–Crippen LogP) is 6.43. The van der Waals surface area contributed by atoms with E-state index in [1.807, 2.05) is 0 Å². The summed E-state index contributed by atoms with van der Waals surface area (Å²) in [5.41, 5.74) is -0.947. The van der Waals surface area contributed by atoms with Crippen LogP contribution in [-0.4, -0.2) is 6.04 Å². The number of hydrogen-bond donors (Lipinski definition) is 0. The van der Waals surface area contributed by atoms with Gasteiger partial charge in [-0.1, -0.05) is 12.1 Å². The van der Waals surface area contributed by atoms with E-state index in [4.69, 9.17) is 0 Å². The summed E-state index contributed by atoms with van der Waals surface area (Å²) in [7, 11) is 0. The Bertz CT molecular complexity index is 1030. The Morgan fingerprint density at radius 3 is 1.72 bits per heavy atom. The summed E-state index contributed by atoms with van der Waals surface area (Å²) in [6.07, 6.45) is 0. The largest absolute Gasteiger partial charge is 0.332 e. The van der Waals surface area contributed by atoms with Gasteiger partial charge in [0, 0.05) is 5.56 Å². The smallest absolute Gasteiger partial charge is 0.255 e. The first kappa shape index (κ1) is 22.1. The van der Waals surface area contributed by atoms with Gasteiger partial charge in [0.15, 0.2) is 34.9 Å². The zero-order valence-corrected chi connectivity index (χ0v) is 14.5. The van der Waals surface area contributed by atoms with E-state index in [0.29, 0.717) is 18.2 Å². The minimum atomic E-state index is -1.83. The Morgan fingerprint density at radius 1 is 0.655 bits per heavy atom. The molecule has 9 heteroatoms. The Labute approximate surface area is 159 Å². The van der Waals surface area contributed by atoms with Crippen LogP contribution in [0.1, 0.15) is 15.9 Å². The predicted molar refractivity (Wildman–Crippen MR) is 88.2 cm³/mol. The molecule has 0 aromatic heterocycles. The standard InChI is InChI=1S/C13H5F5O.C7H5F3/c14-9-3-6(13(18)19)1-2-8(9)7-4-10(15)12(17)11(16)5-7;1-4-2-3-5(8)7(10)6(4)9/h1-5H;2-3H,1H3. The van der Waals surface area contributed by atoms with Gasteiger partial charge in [-0.25, -0.2) is 30.7 Å². The molecule has 0 unspecified atom stereocenters. The molecular formula is C20H10F8O. The van der Waals surface area contributed by atoms with Gasteiger partial charge in [-0.3, -0.25) is 4.79 Å². The number of aryl methyl sites for hydroxylation is 1. The van der Waals surface area contributed by atoms with E-state index in [1.54, 1.807) is 0 Å². The first-order chi connectivity index (χ1) is 13.5. The molecule has 0 spiro atoms. The zero-order chi connectivity index (χ0) is 21.9. The third-order valence-electron chi connectivity index (χ3n) is 3.72. The van der Waals surface area contributed by atoms with Crippen molar-refractivity contribution in [2.75, 3.05) is 0 Å². The summed E-state index contributed by atoms with van der Waals surface area (Å²) in [6, 6.07) is 4.00. The summed E-state index contributed by atoms with van der Waals surface area (Å²) in [4.78, 5) is 10.4. The van der Waals surface area contributed by atoms with Crippen LogP contribution in [0.5, 0.6) is 0 Å². The molecule has 0 heterocycles. The molecule has 152 valence electrons. The van der Waals surface area contributed by atoms with E-state index in [2.05, 4.69) is 0 Å². The lowest BCUT2D eigenvalue weighted by atomic mass is 10.0. The van der Waals surface area contributed by atoms with E-state index < -0.39 is 52.3 Å². The van der Waals surface area contributed by atoms with E-state index in [1.165, 1.54) is 13.0 Å². The SMILES string of the molecule is Cc1ccc(F)c(F)c1F.O=C(F)c1ccc(-c2cc(F)c(F)c(F)c2)c(F)c1. The maximum atomic E-state index is 13.6. The highest BCUT2D eigenvalue weighted by atomic mass is 19.2. The molecule has 3 rings (SSSR count). The summed E-state index contributed by atoms with van der Waals surface area (Å²) < 4.78 is 102. The summed E-state index contributed by atoms with van der Waals surface area (Å²) in [6.45, 7) is 1.37. The van der Waals surface area contributed by atoms with E-state index >= 15 is 0 Å². The number of benzene rings is 3. The van der Waals surface area contributed by atoms with Crippen molar-refractivity contribution in [1.29, 1.82) is 0 Å². The van der Waals surface area contributed by atoms with E-state index in [-0.39, 0.29) is 16.7 Å². The van der Waals surface area contributed by atoms with Crippen LogP contribution in [0.25, 0.3) is 11.1 Å². The highest BCUT2D eigenvalue weighted by Crippen LogP contribution is 2.27. The van der Waals surface area contributed by atoms with Crippen molar-refractivity contribution in [3.8, 4) is 11.1 Å². The van der Waals surface area contributed by atoms with Gasteiger partial charge >= 0.3 is 6.04 Å². The lowest BCUT2D eigenvalue weighted by Crippen LogP contribution is -1.96. The van der Waals surface area contributed by atoms with Crippen LogP contribution in [0.4, 0.5) is 35.1 Å². The Kier molecular flexibility index (Phi) is 6.73. The molecule has 0 atom stereocenters. The first-order valence-electron chi connectivity index (χ1n) is 7.77. The molecule has 3 aromatic rings. The summed E-state index contributed by atoms with van der Waals surface area (Å²) >= 11 is 0. The van der Waals surface area contributed by atoms with E-state index in [0.717, 1.165) is 18.2 Å². The monoisotopic (exact) mass is 418 g/mol. The molecule has 0 aliphatic rings. The third kappa shape index (κ3) is 4.98. The van der Waals surface area contributed by atoms with Crippen molar-refractivity contribution < 1.29 is 39.9 Å². The van der Waals surface area contributed by atoms with Crippen LogP contribution in [0.2, 0.25) is 0 Å². The van der Waals surface area contributed by atoms with Crippen LogP contribution in [-0.2, 0) is 0 Å². The van der Waals surface area contributed by atoms with Gasteiger partial charge in [0.2, 0.25) is 0 Å². The molecule has 1 nitrogen and oxygen atoms in total. The first-order valence-corrected chi connectivity index (χ1v) is 7.77. The molecule has 3 aromatic carbocycles. The van der Waals surface area contributed by atoms with Crippen LogP contribution >= 0.6 is 0 Å². The second kappa shape index (κ2) is 8.85. The van der Waals surface area contributed by atoms with Gasteiger partial charge in [0.1, 0.15) is 5.82 Å². The number of carbonyl (C=O) groups excluding carboxylic acids is 1. The van der Waals surface area contributed by atoms with Gasteiger partial charge in [-0.2, -0.15) is 4.39 Å². The maximum absolute atomic E-state index is 13.6. The molecule has 0 amide bonds. The molecule has 29 heavy (non-hydrogen) atoms. The van der Waals surface area contributed by atoms with Gasteiger partial charge in [-0.05, 0) is 48.4 Å². The van der Waals surface area contributed by atoms with Crippen molar-refractivity contribution in [2.45, 2.75) is 6.92 Å². The molecular weight excluding hydrogens is 408 g/mol. The lowest BCUT2D eigenvalue weighted by molar-refractivity contribution is 0.0835. The normalized spacial score (nSPS) is 10.4. The minimum absolute atomic E-state index is 0.110. The van der Waals surface area contributed by atoms with Crippen molar-refractivity contribution in [3.05, 3.63) is 94.3 Å². The molecule has 0 saturated heterocycles. The fourth-order valence-electron chi connectivity index (χ4n) is 2.20. The number of rotatable bonds is 2. The lowest BCUT2D eigenvalue weighted by Gasteiger charge is -2.06. The fraction of sp³-hybridized carbons (Fsp3) is 0.0500. The van der Waals surface area contributed by atoms with Gasteiger partial charge in [0.25, 0.3) is 0 Å². The summed E-state index contributed by atoms with van der Waals surface area (Å²) in [5, 5.41) is 0. The minimum Gasteiger partial charge on any atom is -0.255 e. The Hall–Kier alpha value is -3.23. The van der Waals surface area contributed by atoms with Crippen molar-refractivity contribution >= 4 is 6.04 Å². The van der Waals surface area contributed by atoms with Crippen LogP contribution in [0, 0.1) is 47.6 Å².